The Balaban J connectivity index is 1.14. The number of fused-ring (bicyclic) bond motifs is 3. The van der Waals surface area contributed by atoms with Gasteiger partial charge in [0, 0.05) is 35.4 Å². The third-order valence-corrected chi connectivity index (χ3v) is 8.29. The highest BCUT2D eigenvalue weighted by molar-refractivity contribution is 6.13. The number of amides is 2. The molecule has 2 aromatic carbocycles. The number of hydrogen-bond donors (Lipinski definition) is 1. The Kier molecular flexibility index (Phi) is 6.26. The van der Waals surface area contributed by atoms with Crippen LogP contribution in [0, 0.1) is 22.7 Å². The van der Waals surface area contributed by atoms with E-state index in [0.717, 1.165) is 18.2 Å². The number of methoxy groups -OCH3 is 2. The van der Waals surface area contributed by atoms with Crippen molar-refractivity contribution in [2.75, 3.05) is 19.5 Å². The number of rotatable bonds is 7. The molecule has 0 unspecified atom stereocenters. The first-order valence-corrected chi connectivity index (χ1v) is 13.3. The smallest absolute Gasteiger partial charge is 0.240 e. The third kappa shape index (κ3) is 4.40. The molecule has 9 heteroatoms. The molecular formula is C30H30N4O5. The Labute approximate surface area is 226 Å². The van der Waals surface area contributed by atoms with E-state index in [4.69, 9.17) is 14.2 Å². The number of nitrogens with one attached hydrogen (secondary N) is 1. The van der Waals surface area contributed by atoms with Crippen LogP contribution >= 0.6 is 0 Å². The predicted molar refractivity (Wildman–Crippen MR) is 144 cm³/mol. The molecule has 1 aliphatic carbocycles. The topological polar surface area (TPSA) is 114 Å². The number of ether oxygens (including phenoxy) is 3. The van der Waals surface area contributed by atoms with Crippen LogP contribution in [0.1, 0.15) is 38.5 Å². The number of carbonyl (C=O) groups is 2. The first kappa shape index (κ1) is 25.0. The minimum Gasteiger partial charge on any atom is -0.493 e. The van der Waals surface area contributed by atoms with Crippen molar-refractivity contribution in [2.45, 2.75) is 50.6 Å². The molecule has 3 heterocycles. The Bertz CT molecular complexity index is 1460. The number of anilines is 1. The predicted octanol–water partition coefficient (Wildman–Crippen LogP) is 5.06. The van der Waals surface area contributed by atoms with Gasteiger partial charge in [-0.25, -0.2) is 0 Å². The van der Waals surface area contributed by atoms with Crippen LogP contribution in [0.15, 0.2) is 48.7 Å². The number of aromatic nitrogens is 1. The van der Waals surface area contributed by atoms with Crippen molar-refractivity contribution in [3.8, 4) is 29.1 Å². The van der Waals surface area contributed by atoms with E-state index in [2.05, 4.69) is 16.4 Å². The van der Waals surface area contributed by atoms with Crippen LogP contribution in [0.5, 0.6) is 23.0 Å². The molecule has 2 aliphatic heterocycles. The molecular weight excluding hydrogens is 496 g/mol. The molecule has 0 radical (unpaired) electrons. The fraction of sp³-hybridized carbons (Fsp3) is 0.400. The van der Waals surface area contributed by atoms with Gasteiger partial charge in [-0.1, -0.05) is 0 Å². The average molecular weight is 527 g/mol. The molecule has 3 aliphatic rings. The van der Waals surface area contributed by atoms with E-state index in [0.29, 0.717) is 59.9 Å². The van der Waals surface area contributed by atoms with Gasteiger partial charge in [-0.3, -0.25) is 14.6 Å². The van der Waals surface area contributed by atoms with Gasteiger partial charge in [-0.2, -0.15) is 5.26 Å². The first-order chi connectivity index (χ1) is 19.0. The second-order valence-corrected chi connectivity index (χ2v) is 10.6. The van der Waals surface area contributed by atoms with E-state index in [1.54, 1.807) is 56.8 Å². The number of nitrogens with zero attached hydrogens (tertiary/aromatic N) is 3. The summed E-state index contributed by atoms with van der Waals surface area (Å²) in [5, 5.41) is 13.1. The van der Waals surface area contributed by atoms with Gasteiger partial charge in [-0.15, -0.1) is 0 Å². The summed E-state index contributed by atoms with van der Waals surface area (Å²) in [7, 11) is 3.15. The summed E-state index contributed by atoms with van der Waals surface area (Å²) in [5.41, 5.74) is 0.313. The van der Waals surface area contributed by atoms with E-state index in [9.17, 15) is 14.9 Å². The van der Waals surface area contributed by atoms with Crippen molar-refractivity contribution in [3.05, 3.63) is 48.7 Å². The fourth-order valence-corrected chi connectivity index (χ4v) is 6.04. The molecule has 2 saturated heterocycles. The maximum absolute atomic E-state index is 13.6. The lowest BCUT2D eigenvalue weighted by molar-refractivity contribution is -0.146. The maximum Gasteiger partial charge on any atom is 0.240 e. The lowest BCUT2D eigenvalue weighted by Gasteiger charge is -2.38. The van der Waals surface area contributed by atoms with E-state index in [-0.39, 0.29) is 29.8 Å². The summed E-state index contributed by atoms with van der Waals surface area (Å²) in [5.74, 6) is 2.03. The van der Waals surface area contributed by atoms with Gasteiger partial charge < -0.3 is 24.4 Å². The van der Waals surface area contributed by atoms with Crippen molar-refractivity contribution in [1.82, 2.24) is 9.88 Å². The standard InChI is InChI=1S/C30H30N4O5/c1-37-26-15-23-24(16-27(26)38-2)32-12-9-25(23)39-22-7-3-19(4-8-22)33-28(35)30(10-11-30)29(36)34-20-5-6-21(34)14-18(13-20)17-31/h3-4,7-9,12,15-16,18,20-21H,5-6,10-11,13-14H2,1-2H3,(H,33,35)/t18-,20-,21+. The van der Waals surface area contributed by atoms with Crippen LogP contribution in [0.2, 0.25) is 0 Å². The zero-order chi connectivity index (χ0) is 27.1. The molecule has 1 aromatic heterocycles. The number of carbonyl (C=O) groups excluding carboxylic acids is 2. The average Bonchev–Trinajstić information content (AvgIpc) is 3.73. The minimum atomic E-state index is -0.994. The summed E-state index contributed by atoms with van der Waals surface area (Å²) in [6.07, 6.45) is 6.04. The van der Waals surface area contributed by atoms with Gasteiger partial charge in [0.05, 0.1) is 31.7 Å². The molecule has 2 amide bonds. The van der Waals surface area contributed by atoms with E-state index < -0.39 is 5.41 Å². The first-order valence-electron chi connectivity index (χ1n) is 13.3. The molecule has 3 aromatic rings. The van der Waals surface area contributed by atoms with E-state index >= 15 is 0 Å². The SMILES string of the molecule is COc1cc2nccc(Oc3ccc(NC(=O)C4(C(=O)N5[C@@H]6CC[C@H]5C[C@H](C#N)C6)CC4)cc3)c2cc1OC. The van der Waals surface area contributed by atoms with Crippen molar-refractivity contribution >= 4 is 28.4 Å². The molecule has 1 saturated carbocycles. The third-order valence-electron chi connectivity index (χ3n) is 8.29. The van der Waals surface area contributed by atoms with Gasteiger partial charge in [0.1, 0.15) is 16.9 Å². The van der Waals surface area contributed by atoms with Crippen LogP contribution < -0.4 is 19.5 Å². The maximum atomic E-state index is 13.6. The summed E-state index contributed by atoms with van der Waals surface area (Å²) in [6, 6.07) is 15.0. The summed E-state index contributed by atoms with van der Waals surface area (Å²) < 4.78 is 16.9. The second kappa shape index (κ2) is 9.77. The zero-order valence-corrected chi connectivity index (χ0v) is 22.0. The largest absolute Gasteiger partial charge is 0.493 e. The van der Waals surface area contributed by atoms with Crippen LogP contribution in [0.4, 0.5) is 5.69 Å². The second-order valence-electron chi connectivity index (χ2n) is 10.6. The van der Waals surface area contributed by atoms with Gasteiger partial charge in [0.2, 0.25) is 11.8 Å². The van der Waals surface area contributed by atoms with E-state index in [1.165, 1.54) is 0 Å². The number of hydrogen-bond acceptors (Lipinski definition) is 7. The Morgan fingerprint density at radius 2 is 1.67 bits per heavy atom. The van der Waals surface area contributed by atoms with Crippen molar-refractivity contribution < 1.29 is 23.8 Å². The number of pyridine rings is 1. The molecule has 200 valence electrons. The van der Waals surface area contributed by atoms with Crippen LogP contribution in [-0.4, -0.2) is 48.0 Å². The molecule has 3 atom stereocenters. The highest BCUT2D eigenvalue weighted by Gasteiger charge is 2.61. The molecule has 2 bridgehead atoms. The molecule has 9 nitrogen and oxygen atoms in total. The Morgan fingerprint density at radius 1 is 1.00 bits per heavy atom. The highest BCUT2D eigenvalue weighted by Crippen LogP contribution is 2.51. The number of nitriles is 1. The van der Waals surface area contributed by atoms with Crippen molar-refractivity contribution in [3.63, 3.8) is 0 Å². The minimum absolute atomic E-state index is 0.00580. The van der Waals surface area contributed by atoms with Gasteiger partial charge in [-0.05, 0) is 74.9 Å². The number of piperidine rings is 1. The Hall–Kier alpha value is -4.32. The van der Waals surface area contributed by atoms with Gasteiger partial charge in [0.15, 0.2) is 11.5 Å². The van der Waals surface area contributed by atoms with Crippen LogP contribution in [-0.2, 0) is 9.59 Å². The normalized spacial score (nSPS) is 22.6. The summed E-state index contributed by atoms with van der Waals surface area (Å²) in [4.78, 5) is 33.2. The van der Waals surface area contributed by atoms with Crippen LogP contribution in [0.3, 0.4) is 0 Å². The van der Waals surface area contributed by atoms with Gasteiger partial charge >= 0.3 is 0 Å². The van der Waals surface area contributed by atoms with Crippen LogP contribution in [0.25, 0.3) is 10.9 Å². The lowest BCUT2D eigenvalue weighted by Crippen LogP contribution is -2.51. The monoisotopic (exact) mass is 526 g/mol. The fourth-order valence-electron chi connectivity index (χ4n) is 6.04. The molecule has 1 N–H and O–H groups in total. The quantitative estimate of drug-likeness (QED) is 0.428. The zero-order valence-electron chi connectivity index (χ0n) is 22.0. The summed E-state index contributed by atoms with van der Waals surface area (Å²) in [6.45, 7) is 0. The Morgan fingerprint density at radius 3 is 2.28 bits per heavy atom. The van der Waals surface area contributed by atoms with E-state index in [1.807, 2.05) is 11.0 Å². The molecule has 0 spiro atoms. The number of benzene rings is 2. The van der Waals surface area contributed by atoms with Crippen molar-refractivity contribution in [2.24, 2.45) is 11.3 Å². The van der Waals surface area contributed by atoms with Gasteiger partial charge in [0.25, 0.3) is 0 Å². The molecule has 6 rings (SSSR count). The van der Waals surface area contributed by atoms with Crippen molar-refractivity contribution in [1.29, 1.82) is 5.26 Å². The molecule has 3 fully saturated rings. The summed E-state index contributed by atoms with van der Waals surface area (Å²) >= 11 is 0. The molecule has 39 heavy (non-hydrogen) atoms. The lowest BCUT2D eigenvalue weighted by atomic mass is 9.90. The highest BCUT2D eigenvalue weighted by atomic mass is 16.5.